The molecule has 1 amide bonds. The molecule has 0 bridgehead atoms. The lowest BCUT2D eigenvalue weighted by Gasteiger charge is -2.35. The van der Waals surface area contributed by atoms with Gasteiger partial charge in [-0.2, -0.15) is 0 Å². The Morgan fingerprint density at radius 3 is 2.62 bits per heavy atom. The number of rotatable bonds is 1. The SMILES string of the molecule is CC.Cc1cc(Br)c2c(c1)C(=O)N(C)C(c1cc3cc(F)ccc3[nH]1)N2. The monoisotopic (exact) mass is 417 g/mol. The Labute approximate surface area is 160 Å². The highest BCUT2D eigenvalue weighted by molar-refractivity contribution is 9.10. The highest BCUT2D eigenvalue weighted by Crippen LogP contribution is 2.38. The highest BCUT2D eigenvalue weighted by atomic mass is 79.9. The first-order chi connectivity index (χ1) is 12.4. The molecular weight excluding hydrogens is 397 g/mol. The fourth-order valence-corrected chi connectivity index (χ4v) is 3.85. The summed E-state index contributed by atoms with van der Waals surface area (Å²) in [4.78, 5) is 17.7. The number of amides is 1. The Morgan fingerprint density at radius 2 is 1.88 bits per heavy atom. The summed E-state index contributed by atoms with van der Waals surface area (Å²) < 4.78 is 14.3. The number of hydrogen-bond acceptors (Lipinski definition) is 2. The molecule has 1 aliphatic heterocycles. The average molecular weight is 418 g/mol. The number of carbonyl (C=O) groups is 1. The second-order valence-electron chi connectivity index (χ2n) is 6.09. The number of hydrogen-bond donors (Lipinski definition) is 2. The molecule has 1 unspecified atom stereocenters. The van der Waals surface area contributed by atoms with Crippen LogP contribution in [0, 0.1) is 12.7 Å². The van der Waals surface area contributed by atoms with Gasteiger partial charge in [0.05, 0.1) is 16.9 Å². The number of carbonyl (C=O) groups excluding carboxylic acids is 1. The molecule has 3 aromatic rings. The summed E-state index contributed by atoms with van der Waals surface area (Å²) in [5, 5.41) is 4.18. The van der Waals surface area contributed by atoms with Crippen molar-refractivity contribution in [3.63, 3.8) is 0 Å². The van der Waals surface area contributed by atoms with Crippen molar-refractivity contribution in [3.8, 4) is 0 Å². The zero-order chi connectivity index (χ0) is 19.0. The van der Waals surface area contributed by atoms with Crippen LogP contribution >= 0.6 is 15.9 Å². The van der Waals surface area contributed by atoms with Crippen LogP contribution in [0.3, 0.4) is 0 Å². The van der Waals surface area contributed by atoms with E-state index >= 15 is 0 Å². The van der Waals surface area contributed by atoms with Crippen LogP contribution in [0.2, 0.25) is 0 Å². The Morgan fingerprint density at radius 1 is 1.15 bits per heavy atom. The van der Waals surface area contributed by atoms with Crippen molar-refractivity contribution in [3.05, 3.63) is 63.5 Å². The van der Waals surface area contributed by atoms with E-state index in [1.807, 2.05) is 39.0 Å². The number of nitrogens with one attached hydrogen (secondary N) is 2. The van der Waals surface area contributed by atoms with E-state index in [4.69, 9.17) is 0 Å². The van der Waals surface area contributed by atoms with E-state index in [1.54, 1.807) is 18.0 Å². The number of benzene rings is 2. The van der Waals surface area contributed by atoms with Crippen LogP contribution in [-0.4, -0.2) is 22.8 Å². The third-order valence-electron chi connectivity index (χ3n) is 4.35. The summed E-state index contributed by atoms with van der Waals surface area (Å²) in [5.41, 5.74) is 4.08. The van der Waals surface area contributed by atoms with E-state index in [-0.39, 0.29) is 17.9 Å². The normalized spacial score (nSPS) is 16.0. The summed E-state index contributed by atoms with van der Waals surface area (Å²) >= 11 is 3.53. The van der Waals surface area contributed by atoms with Gasteiger partial charge >= 0.3 is 0 Å². The molecule has 1 aliphatic rings. The van der Waals surface area contributed by atoms with Crippen molar-refractivity contribution in [2.24, 2.45) is 0 Å². The molecule has 2 aromatic carbocycles. The van der Waals surface area contributed by atoms with Crippen molar-refractivity contribution in [2.45, 2.75) is 26.9 Å². The molecule has 2 N–H and O–H groups in total. The summed E-state index contributed by atoms with van der Waals surface area (Å²) in [6.07, 6.45) is -0.348. The van der Waals surface area contributed by atoms with E-state index in [0.29, 0.717) is 5.56 Å². The molecule has 6 heteroatoms. The second kappa shape index (κ2) is 7.11. The van der Waals surface area contributed by atoms with E-state index in [2.05, 4.69) is 26.2 Å². The maximum atomic E-state index is 13.4. The van der Waals surface area contributed by atoms with E-state index < -0.39 is 0 Å². The minimum Gasteiger partial charge on any atom is -0.359 e. The molecule has 0 fully saturated rings. The molecule has 26 heavy (non-hydrogen) atoms. The largest absolute Gasteiger partial charge is 0.359 e. The smallest absolute Gasteiger partial charge is 0.257 e. The van der Waals surface area contributed by atoms with Gasteiger partial charge in [0.1, 0.15) is 12.0 Å². The summed E-state index contributed by atoms with van der Waals surface area (Å²) in [7, 11) is 1.76. The van der Waals surface area contributed by atoms with Gasteiger partial charge in [-0.05, 0) is 64.8 Å². The van der Waals surface area contributed by atoms with E-state index in [0.717, 1.165) is 32.3 Å². The zero-order valence-electron chi connectivity index (χ0n) is 15.2. The molecule has 2 heterocycles. The molecule has 1 atom stereocenters. The third-order valence-corrected chi connectivity index (χ3v) is 4.98. The Balaban J connectivity index is 0.000000948. The van der Waals surface area contributed by atoms with Crippen molar-refractivity contribution in [2.75, 3.05) is 12.4 Å². The van der Waals surface area contributed by atoms with Gasteiger partial charge in [0.2, 0.25) is 0 Å². The number of aryl methyl sites for hydroxylation is 1. The standard InChI is InChI=1S/C18H15BrFN3O.C2H6/c1-9-5-12-16(13(19)6-9)22-17(23(2)18(12)24)15-8-10-7-11(20)3-4-14(10)21-15;1-2/h3-8,17,21-22H,1-2H3;1-2H3. The number of nitrogens with zero attached hydrogens (tertiary/aromatic N) is 1. The Kier molecular flexibility index (Phi) is 5.05. The van der Waals surface area contributed by atoms with Crippen molar-refractivity contribution in [1.29, 1.82) is 0 Å². The molecule has 1 aromatic heterocycles. The number of halogens is 2. The van der Waals surface area contributed by atoms with Crippen LogP contribution in [0.4, 0.5) is 10.1 Å². The lowest BCUT2D eigenvalue weighted by molar-refractivity contribution is 0.0733. The van der Waals surface area contributed by atoms with Crippen LogP contribution < -0.4 is 5.32 Å². The summed E-state index contributed by atoms with van der Waals surface area (Å²) in [5.74, 6) is -0.333. The van der Waals surface area contributed by atoms with Gasteiger partial charge in [-0.15, -0.1) is 0 Å². The fraction of sp³-hybridized carbons (Fsp3) is 0.250. The Bertz CT molecular complexity index is 983. The van der Waals surface area contributed by atoms with Crippen LogP contribution in [-0.2, 0) is 0 Å². The molecule has 0 spiro atoms. The lowest BCUT2D eigenvalue weighted by atomic mass is 10.0. The molecular formula is C20H21BrFN3O. The summed E-state index contributed by atoms with van der Waals surface area (Å²) in [6.45, 7) is 5.96. The van der Waals surface area contributed by atoms with Crippen molar-refractivity contribution in [1.82, 2.24) is 9.88 Å². The maximum absolute atomic E-state index is 13.4. The molecule has 4 rings (SSSR count). The third kappa shape index (κ3) is 3.09. The van der Waals surface area contributed by atoms with E-state index in [9.17, 15) is 9.18 Å². The molecule has 0 aliphatic carbocycles. The van der Waals surface area contributed by atoms with Crippen LogP contribution in [0.1, 0.15) is 41.6 Å². The molecule has 0 saturated heterocycles. The first-order valence-electron chi connectivity index (χ1n) is 8.56. The first-order valence-corrected chi connectivity index (χ1v) is 9.35. The zero-order valence-corrected chi connectivity index (χ0v) is 16.7. The number of aromatic amines is 1. The quantitative estimate of drug-likeness (QED) is 0.541. The summed E-state index contributed by atoms with van der Waals surface area (Å²) in [6, 6.07) is 10.3. The average Bonchev–Trinajstić information content (AvgIpc) is 3.03. The fourth-order valence-electron chi connectivity index (χ4n) is 3.16. The van der Waals surface area contributed by atoms with E-state index in [1.165, 1.54) is 12.1 Å². The van der Waals surface area contributed by atoms with Crippen molar-refractivity contribution < 1.29 is 9.18 Å². The molecule has 0 saturated carbocycles. The first kappa shape index (κ1) is 18.5. The Hall–Kier alpha value is -2.34. The maximum Gasteiger partial charge on any atom is 0.257 e. The van der Waals surface area contributed by atoms with Gasteiger partial charge in [0, 0.05) is 22.4 Å². The minimum atomic E-state index is -0.348. The van der Waals surface area contributed by atoms with Gasteiger partial charge < -0.3 is 15.2 Å². The van der Waals surface area contributed by atoms with Gasteiger partial charge in [-0.3, -0.25) is 4.79 Å². The van der Waals surface area contributed by atoms with Crippen LogP contribution in [0.25, 0.3) is 10.9 Å². The molecule has 136 valence electrons. The molecule has 4 nitrogen and oxygen atoms in total. The molecule has 0 radical (unpaired) electrons. The van der Waals surface area contributed by atoms with Crippen LogP contribution in [0.5, 0.6) is 0 Å². The highest BCUT2D eigenvalue weighted by Gasteiger charge is 2.32. The van der Waals surface area contributed by atoms with Crippen molar-refractivity contribution >= 4 is 38.4 Å². The minimum absolute atomic E-state index is 0.0528. The number of aromatic nitrogens is 1. The second-order valence-corrected chi connectivity index (χ2v) is 6.94. The predicted octanol–water partition coefficient (Wildman–Crippen LogP) is 5.60. The number of H-pyrrole nitrogens is 1. The van der Waals surface area contributed by atoms with Gasteiger partial charge in [-0.25, -0.2) is 4.39 Å². The number of anilines is 1. The lowest BCUT2D eigenvalue weighted by Crippen LogP contribution is -2.40. The van der Waals surface area contributed by atoms with Crippen LogP contribution in [0.15, 0.2) is 40.9 Å². The van der Waals surface area contributed by atoms with Gasteiger partial charge in [0.25, 0.3) is 5.91 Å². The predicted molar refractivity (Wildman–Crippen MR) is 107 cm³/mol. The van der Waals surface area contributed by atoms with Gasteiger partial charge in [-0.1, -0.05) is 13.8 Å². The topological polar surface area (TPSA) is 48.1 Å². The number of fused-ring (bicyclic) bond motifs is 2. The van der Waals surface area contributed by atoms with Gasteiger partial charge in [0.15, 0.2) is 0 Å².